The molecular formula is C56H72N14O7. The summed E-state index contributed by atoms with van der Waals surface area (Å²) in [4.78, 5) is 57.5. The number of ether oxygens (including phenoxy) is 2. The van der Waals surface area contributed by atoms with E-state index in [1.165, 1.54) is 0 Å². The minimum absolute atomic E-state index is 0.0185. The SMILES string of the molecule is COc1cc(-n2cnc(Nc3nc4c(c(N5CCC[C@H]5CO)n3)CN(C(=O)C3CC3)CC4)c2)cc(C)c1C.COc1cc(-n2cnc(Nc3nc4c(c(N5CCC[C@H]5CO)n3)CNCC4)c2)cc(C)c1C.O=C(O)C1CC1. The van der Waals surface area contributed by atoms with Crippen LogP contribution in [-0.2, 0) is 35.5 Å². The number of imidazole rings is 2. The lowest BCUT2D eigenvalue weighted by Crippen LogP contribution is -2.40. The second-order valence-electron chi connectivity index (χ2n) is 21.0. The van der Waals surface area contributed by atoms with Gasteiger partial charge in [-0.2, -0.15) is 9.97 Å². The number of aliphatic hydroxyl groups is 2. The van der Waals surface area contributed by atoms with Crippen molar-refractivity contribution in [2.45, 2.75) is 117 Å². The van der Waals surface area contributed by atoms with Crippen LogP contribution in [-0.4, -0.2) is 137 Å². The molecule has 0 spiro atoms. The summed E-state index contributed by atoms with van der Waals surface area (Å²) >= 11 is 0. The number of fused-ring (bicyclic) bond motifs is 2. The molecule has 1 amide bonds. The largest absolute Gasteiger partial charge is 0.496 e. The van der Waals surface area contributed by atoms with Gasteiger partial charge in [-0.1, -0.05) is 0 Å². The van der Waals surface area contributed by atoms with Gasteiger partial charge in [-0.05, 0) is 113 Å². The zero-order valence-corrected chi connectivity index (χ0v) is 45.1. The molecular weight excluding hydrogens is 981 g/mol. The number of carbonyl (C=O) groups is 2. The predicted molar refractivity (Wildman–Crippen MR) is 292 cm³/mol. The number of aliphatic hydroxyl groups excluding tert-OH is 2. The summed E-state index contributed by atoms with van der Waals surface area (Å²) < 4.78 is 15.0. The first-order valence-electron chi connectivity index (χ1n) is 27.0. The van der Waals surface area contributed by atoms with Crippen molar-refractivity contribution in [2.75, 3.05) is 74.0 Å². The molecule has 2 atom stereocenters. The number of hydrogen-bond acceptors (Lipinski definition) is 17. The quantitative estimate of drug-likeness (QED) is 0.0690. The van der Waals surface area contributed by atoms with Gasteiger partial charge >= 0.3 is 5.97 Å². The maximum absolute atomic E-state index is 12.8. The minimum atomic E-state index is -0.630. The number of methoxy groups -OCH3 is 2. The van der Waals surface area contributed by atoms with E-state index in [9.17, 15) is 19.8 Å². The highest BCUT2D eigenvalue weighted by Crippen LogP contribution is 2.38. The number of aromatic nitrogens is 8. The molecule has 2 aliphatic carbocycles. The van der Waals surface area contributed by atoms with Crippen LogP contribution >= 0.6 is 0 Å². The van der Waals surface area contributed by atoms with Gasteiger partial charge in [0, 0.05) is 74.7 Å². The van der Waals surface area contributed by atoms with Crippen LogP contribution in [0.5, 0.6) is 11.5 Å². The van der Waals surface area contributed by atoms with Gasteiger partial charge in [0.2, 0.25) is 17.8 Å². The highest BCUT2D eigenvalue weighted by molar-refractivity contribution is 5.81. The Morgan fingerprint density at radius 3 is 1.64 bits per heavy atom. The first-order chi connectivity index (χ1) is 37.3. The number of carboxylic acids is 1. The lowest BCUT2D eigenvalue weighted by molar-refractivity contribution is -0.138. The van der Waals surface area contributed by atoms with E-state index in [0.29, 0.717) is 43.0 Å². The lowest BCUT2D eigenvalue weighted by Gasteiger charge is -2.33. The number of aryl methyl sites for hydroxylation is 2. The van der Waals surface area contributed by atoms with E-state index in [-0.39, 0.29) is 43.0 Å². The van der Waals surface area contributed by atoms with Crippen LogP contribution in [0, 0.1) is 39.5 Å². The second kappa shape index (κ2) is 23.1. The van der Waals surface area contributed by atoms with E-state index in [0.717, 1.165) is 163 Å². The molecule has 2 aromatic carbocycles. The first-order valence-corrected chi connectivity index (χ1v) is 27.0. The van der Waals surface area contributed by atoms with Gasteiger partial charge in [0.1, 0.15) is 35.8 Å². The number of carboxylic acid groups (broad SMARTS) is 1. The fourth-order valence-corrected chi connectivity index (χ4v) is 10.7. The van der Waals surface area contributed by atoms with E-state index in [2.05, 4.69) is 68.6 Å². The lowest BCUT2D eigenvalue weighted by atomic mass is 10.0. The molecule has 77 heavy (non-hydrogen) atoms. The van der Waals surface area contributed by atoms with Crippen LogP contribution in [0.2, 0.25) is 0 Å². The number of amides is 1. The summed E-state index contributed by atoms with van der Waals surface area (Å²) in [6.07, 6.45) is 16.7. The molecule has 0 unspecified atom stereocenters. The molecule has 21 heteroatoms. The van der Waals surface area contributed by atoms with Gasteiger partial charge in [-0.3, -0.25) is 9.59 Å². The molecule has 2 saturated carbocycles. The molecule has 0 bridgehead atoms. The predicted octanol–water partition coefficient (Wildman–Crippen LogP) is 6.41. The first kappa shape index (κ1) is 53.1. The summed E-state index contributed by atoms with van der Waals surface area (Å²) in [5, 5.41) is 38.0. The topological polar surface area (TPSA) is 246 Å². The van der Waals surface area contributed by atoms with Crippen LogP contribution in [0.15, 0.2) is 49.3 Å². The number of nitrogens with zero attached hydrogens (tertiary/aromatic N) is 11. The molecule has 4 fully saturated rings. The standard InChI is InChI=1S/C28H35N7O3.C24H31N7O2.C4H6O2/c1-17-11-21(12-24(38-3)18(17)2)34-14-25(29-16-34)31-28-30-23-8-10-33(27(37)19-6-7-19)13-22(23)26(32-28)35-9-4-5-20(35)15-36;1-15-9-18(10-21(33-3)16(15)2)30-12-22(26-14-30)28-24-27-20-6-7-25-11-19(20)23(29-24)31-8-4-5-17(31)13-32;5-4(6)3-1-2-3/h11-12,14,16,19-20,36H,4-10,13,15H2,1-3H3,(H,30,31,32);9-10,12,14,17,25,32H,4-8,11,13H2,1-3H3,(H,27,28,29);3H,1-2H2,(H,5,6)/t20-;17-;/m00./s1. The minimum Gasteiger partial charge on any atom is -0.496 e. The maximum atomic E-state index is 12.8. The van der Waals surface area contributed by atoms with E-state index < -0.39 is 5.97 Å². The highest BCUT2D eigenvalue weighted by atomic mass is 16.5. The van der Waals surface area contributed by atoms with Crippen LogP contribution in [0.25, 0.3) is 11.4 Å². The number of carbonyl (C=O) groups excluding carboxylic acids is 1. The van der Waals surface area contributed by atoms with Crippen LogP contribution in [0.3, 0.4) is 0 Å². The number of rotatable bonds is 14. The van der Waals surface area contributed by atoms with E-state index >= 15 is 0 Å². The molecule has 6 aromatic rings. The Bertz CT molecular complexity index is 3110. The number of anilines is 6. The van der Waals surface area contributed by atoms with E-state index in [1.54, 1.807) is 26.9 Å². The fraction of sp³-hybridized carbons (Fsp3) is 0.500. The Balaban J connectivity index is 0.000000159. The average molecular weight is 1050 g/mol. The summed E-state index contributed by atoms with van der Waals surface area (Å²) in [5.41, 5.74) is 10.7. The van der Waals surface area contributed by atoms with Gasteiger partial charge in [0.05, 0.1) is 87.1 Å². The van der Waals surface area contributed by atoms with Crippen LogP contribution in [0.4, 0.5) is 35.2 Å². The van der Waals surface area contributed by atoms with Crippen LogP contribution in [0.1, 0.15) is 96.1 Å². The summed E-state index contributed by atoms with van der Waals surface area (Å²) in [6.45, 7) is 13.0. The third-order valence-corrected chi connectivity index (χ3v) is 15.7. The molecule has 21 nitrogen and oxygen atoms in total. The average Bonchev–Trinajstić information content (AvgIpc) is 4.25. The number of benzene rings is 2. The van der Waals surface area contributed by atoms with Gasteiger partial charge in [0.25, 0.3) is 0 Å². The zero-order valence-electron chi connectivity index (χ0n) is 45.1. The third kappa shape index (κ3) is 11.8. The molecule has 0 radical (unpaired) electrons. The summed E-state index contributed by atoms with van der Waals surface area (Å²) in [6, 6.07) is 8.36. The van der Waals surface area contributed by atoms with Gasteiger partial charge in [-0.15, -0.1) is 0 Å². The second-order valence-corrected chi connectivity index (χ2v) is 21.0. The smallest absolute Gasteiger partial charge is 0.306 e. The number of aliphatic carboxylic acids is 1. The molecule has 12 rings (SSSR count). The molecule has 4 aliphatic heterocycles. The monoisotopic (exact) mass is 1050 g/mol. The summed E-state index contributed by atoms with van der Waals surface area (Å²) in [7, 11) is 3.37. The third-order valence-electron chi connectivity index (χ3n) is 15.7. The summed E-state index contributed by atoms with van der Waals surface area (Å²) in [5.74, 6) is 5.58. The van der Waals surface area contributed by atoms with Crippen molar-refractivity contribution in [1.82, 2.24) is 49.3 Å². The Morgan fingerprint density at radius 2 is 1.17 bits per heavy atom. The Hall–Kier alpha value is -7.36. The van der Waals surface area contributed by atoms with Gasteiger partial charge in [0.15, 0.2) is 11.6 Å². The van der Waals surface area contributed by atoms with Crippen molar-refractivity contribution in [3.63, 3.8) is 0 Å². The number of hydrogen-bond donors (Lipinski definition) is 6. The van der Waals surface area contributed by atoms with Crippen molar-refractivity contribution >= 4 is 47.0 Å². The molecule has 6 aliphatic rings. The van der Waals surface area contributed by atoms with E-state index in [1.807, 2.05) is 45.5 Å². The highest BCUT2D eigenvalue weighted by Gasteiger charge is 2.38. The molecule has 6 N–H and O–H groups in total. The molecule has 408 valence electrons. The van der Waals surface area contributed by atoms with Crippen molar-refractivity contribution < 1.29 is 34.4 Å². The zero-order chi connectivity index (χ0) is 53.9. The van der Waals surface area contributed by atoms with Crippen molar-refractivity contribution in [1.29, 1.82) is 0 Å². The Morgan fingerprint density at radius 1 is 0.662 bits per heavy atom. The molecule has 8 heterocycles. The van der Waals surface area contributed by atoms with Crippen molar-refractivity contribution in [3.8, 4) is 22.9 Å². The Kier molecular flexibility index (Phi) is 15.9. The number of nitrogens with one attached hydrogen (secondary N) is 3. The van der Waals surface area contributed by atoms with Crippen LogP contribution < -0.4 is 35.2 Å². The van der Waals surface area contributed by atoms with Gasteiger partial charge in [-0.25, -0.2) is 19.9 Å². The Labute approximate surface area is 449 Å². The van der Waals surface area contributed by atoms with Crippen molar-refractivity contribution in [3.05, 3.63) is 94.1 Å². The van der Waals surface area contributed by atoms with Crippen molar-refractivity contribution in [2.24, 2.45) is 11.8 Å². The maximum Gasteiger partial charge on any atom is 0.306 e. The molecule has 2 saturated heterocycles. The van der Waals surface area contributed by atoms with E-state index in [4.69, 9.17) is 34.5 Å². The molecule has 4 aromatic heterocycles. The van der Waals surface area contributed by atoms with Gasteiger partial charge < -0.3 is 64.6 Å². The normalized spacial score (nSPS) is 18.6. The fourth-order valence-electron chi connectivity index (χ4n) is 10.7.